The lowest BCUT2D eigenvalue weighted by Gasteiger charge is -2.05. The summed E-state index contributed by atoms with van der Waals surface area (Å²) in [6, 6.07) is 0. The fourth-order valence-corrected chi connectivity index (χ4v) is 3.98. The van der Waals surface area contributed by atoms with Gasteiger partial charge in [0.1, 0.15) is 4.90 Å². The Hall–Kier alpha value is -0.920. The maximum atomic E-state index is 12.3. The number of aryl methyl sites for hydroxylation is 1. The van der Waals surface area contributed by atoms with Crippen LogP contribution in [0.1, 0.15) is 34.1 Å². The van der Waals surface area contributed by atoms with Gasteiger partial charge in [-0.25, -0.2) is 13.1 Å². The second kappa shape index (κ2) is 5.37. The lowest BCUT2D eigenvalue weighted by atomic mass is 10.0. The molecular formula is C14H26N4O2S. The van der Waals surface area contributed by atoms with Crippen LogP contribution in [0.25, 0.3) is 0 Å². The average Bonchev–Trinajstić information content (AvgIpc) is 2.76. The minimum atomic E-state index is -3.48. The van der Waals surface area contributed by atoms with Crippen LogP contribution in [0, 0.1) is 16.7 Å². The topological polar surface area (TPSA) is 90.0 Å². The Kier molecular flexibility index (Phi) is 4.21. The number of aromatic nitrogens is 2. The molecule has 7 heteroatoms. The fraction of sp³-hybridized carbons (Fsp3) is 0.786. The first-order valence-corrected chi connectivity index (χ1v) is 8.83. The number of nitrogens with one attached hydrogen (secondary N) is 1. The van der Waals surface area contributed by atoms with Crippen LogP contribution in [0.15, 0.2) is 17.3 Å². The first-order valence-electron chi connectivity index (χ1n) is 7.35. The zero-order valence-electron chi connectivity index (χ0n) is 13.3. The number of hydrogen-bond acceptors (Lipinski definition) is 4. The molecular weight excluding hydrogens is 288 g/mol. The number of rotatable bonds is 7. The molecule has 1 aliphatic rings. The molecule has 0 bridgehead atoms. The SMILES string of the molecule is CC1(C)C(CNS(=O)(=O)c2cnn(CCCN)c2)C1(C)C. The normalized spacial score (nSPS) is 20.6. The summed E-state index contributed by atoms with van der Waals surface area (Å²) in [6.07, 6.45) is 3.72. The van der Waals surface area contributed by atoms with E-state index >= 15 is 0 Å². The first kappa shape index (κ1) is 16.5. The van der Waals surface area contributed by atoms with Crippen LogP contribution in [0.4, 0.5) is 0 Å². The van der Waals surface area contributed by atoms with Gasteiger partial charge in [0, 0.05) is 19.3 Å². The number of nitrogens with zero attached hydrogens (tertiary/aromatic N) is 2. The van der Waals surface area contributed by atoms with Crippen molar-refractivity contribution >= 4 is 10.0 Å². The van der Waals surface area contributed by atoms with Crippen molar-refractivity contribution in [3.8, 4) is 0 Å². The fourth-order valence-electron chi connectivity index (χ4n) is 2.98. The summed E-state index contributed by atoms with van der Waals surface area (Å²) < 4.78 is 28.9. The predicted molar refractivity (Wildman–Crippen MR) is 82.1 cm³/mol. The summed E-state index contributed by atoms with van der Waals surface area (Å²) >= 11 is 0. The first-order chi connectivity index (χ1) is 9.63. The molecule has 0 radical (unpaired) electrons. The Bertz CT molecular complexity index is 590. The van der Waals surface area contributed by atoms with Gasteiger partial charge in [-0.1, -0.05) is 27.7 Å². The second-order valence-corrected chi connectivity index (χ2v) is 8.70. The highest BCUT2D eigenvalue weighted by molar-refractivity contribution is 7.89. The van der Waals surface area contributed by atoms with E-state index in [0.29, 0.717) is 25.6 Å². The van der Waals surface area contributed by atoms with Crippen molar-refractivity contribution < 1.29 is 8.42 Å². The average molecular weight is 314 g/mol. The van der Waals surface area contributed by atoms with Crippen molar-refractivity contribution in [2.45, 2.75) is 45.6 Å². The molecule has 1 aromatic heterocycles. The molecule has 0 aliphatic heterocycles. The Balaban J connectivity index is 1.98. The van der Waals surface area contributed by atoms with Crippen molar-refractivity contribution in [1.29, 1.82) is 0 Å². The molecule has 1 aromatic rings. The molecule has 0 unspecified atom stereocenters. The van der Waals surface area contributed by atoms with E-state index in [9.17, 15) is 8.42 Å². The molecule has 0 spiro atoms. The minimum Gasteiger partial charge on any atom is -0.330 e. The van der Waals surface area contributed by atoms with E-state index in [4.69, 9.17) is 5.73 Å². The Morgan fingerprint density at radius 1 is 1.33 bits per heavy atom. The molecule has 3 N–H and O–H groups in total. The van der Waals surface area contributed by atoms with E-state index in [0.717, 1.165) is 6.42 Å². The third-order valence-electron chi connectivity index (χ3n) is 5.31. The smallest absolute Gasteiger partial charge is 0.243 e. The van der Waals surface area contributed by atoms with Gasteiger partial charge in [0.15, 0.2) is 0 Å². The van der Waals surface area contributed by atoms with Crippen LogP contribution in [-0.2, 0) is 16.6 Å². The van der Waals surface area contributed by atoms with E-state index in [1.807, 2.05) is 0 Å². The third kappa shape index (κ3) is 3.00. The summed E-state index contributed by atoms with van der Waals surface area (Å²) in [5.74, 6) is 0.354. The quantitative estimate of drug-likeness (QED) is 0.791. The van der Waals surface area contributed by atoms with E-state index in [-0.39, 0.29) is 15.7 Å². The summed E-state index contributed by atoms with van der Waals surface area (Å²) in [6.45, 7) is 10.4. The van der Waals surface area contributed by atoms with Crippen molar-refractivity contribution in [3.05, 3.63) is 12.4 Å². The van der Waals surface area contributed by atoms with Gasteiger partial charge in [0.05, 0.1) is 6.20 Å². The molecule has 0 atom stereocenters. The van der Waals surface area contributed by atoms with Crippen molar-refractivity contribution in [1.82, 2.24) is 14.5 Å². The highest BCUT2D eigenvalue weighted by Gasteiger charge is 2.64. The van der Waals surface area contributed by atoms with Crippen LogP contribution < -0.4 is 10.5 Å². The Morgan fingerprint density at radius 3 is 2.48 bits per heavy atom. The molecule has 0 aromatic carbocycles. The highest BCUT2D eigenvalue weighted by atomic mass is 32.2. The van der Waals surface area contributed by atoms with Gasteiger partial charge < -0.3 is 5.73 Å². The summed E-state index contributed by atoms with van der Waals surface area (Å²) in [7, 11) is -3.48. The van der Waals surface area contributed by atoms with Gasteiger partial charge in [-0.2, -0.15) is 5.10 Å². The van der Waals surface area contributed by atoms with E-state index in [1.165, 1.54) is 6.20 Å². The lowest BCUT2D eigenvalue weighted by molar-refractivity contribution is 0.457. The molecule has 0 saturated heterocycles. The molecule has 120 valence electrons. The van der Waals surface area contributed by atoms with E-state index in [2.05, 4.69) is 37.5 Å². The second-order valence-electron chi connectivity index (χ2n) is 6.93. The maximum Gasteiger partial charge on any atom is 0.243 e. The van der Waals surface area contributed by atoms with E-state index in [1.54, 1.807) is 10.9 Å². The van der Waals surface area contributed by atoms with Gasteiger partial charge in [0.2, 0.25) is 10.0 Å². The third-order valence-corrected chi connectivity index (χ3v) is 6.69. The number of sulfonamides is 1. The molecule has 21 heavy (non-hydrogen) atoms. The molecule has 6 nitrogen and oxygen atoms in total. The largest absolute Gasteiger partial charge is 0.330 e. The van der Waals surface area contributed by atoms with Gasteiger partial charge in [-0.05, 0) is 29.7 Å². The van der Waals surface area contributed by atoms with Crippen molar-refractivity contribution in [2.24, 2.45) is 22.5 Å². The van der Waals surface area contributed by atoms with Gasteiger partial charge >= 0.3 is 0 Å². The summed E-state index contributed by atoms with van der Waals surface area (Å²) in [4.78, 5) is 0.218. The van der Waals surface area contributed by atoms with Gasteiger partial charge in [0.25, 0.3) is 0 Å². The Morgan fingerprint density at radius 2 is 1.95 bits per heavy atom. The van der Waals surface area contributed by atoms with Crippen molar-refractivity contribution in [2.75, 3.05) is 13.1 Å². The summed E-state index contributed by atoms with van der Waals surface area (Å²) in [5, 5.41) is 4.06. The van der Waals surface area contributed by atoms with Crippen molar-refractivity contribution in [3.63, 3.8) is 0 Å². The number of hydrogen-bond donors (Lipinski definition) is 2. The van der Waals surface area contributed by atoms with Crippen LogP contribution in [0.3, 0.4) is 0 Å². The molecule has 1 aliphatic carbocycles. The highest BCUT2D eigenvalue weighted by Crippen LogP contribution is 2.67. The van der Waals surface area contributed by atoms with Crippen LogP contribution in [0.2, 0.25) is 0 Å². The van der Waals surface area contributed by atoms with E-state index < -0.39 is 10.0 Å². The van der Waals surface area contributed by atoms with Gasteiger partial charge in [-0.3, -0.25) is 4.68 Å². The van der Waals surface area contributed by atoms with Crippen LogP contribution in [0.5, 0.6) is 0 Å². The molecule has 0 amide bonds. The van der Waals surface area contributed by atoms with Crippen LogP contribution >= 0.6 is 0 Å². The zero-order chi connectivity index (χ0) is 15.9. The molecule has 2 rings (SSSR count). The molecule has 1 heterocycles. The van der Waals surface area contributed by atoms with Gasteiger partial charge in [-0.15, -0.1) is 0 Å². The van der Waals surface area contributed by atoms with Crippen LogP contribution in [-0.4, -0.2) is 31.3 Å². The molecule has 1 fully saturated rings. The standard InChI is InChI=1S/C14H26N4O2S/c1-13(2)12(14(13,3)4)9-17-21(19,20)11-8-16-18(10-11)7-5-6-15/h8,10,12,17H,5-7,9,15H2,1-4H3. The molecule has 1 saturated carbocycles. The minimum absolute atomic E-state index is 0.167. The Labute approximate surface area is 127 Å². The number of nitrogens with two attached hydrogens (primary N) is 1. The lowest BCUT2D eigenvalue weighted by Crippen LogP contribution is -2.27. The summed E-state index contributed by atoms with van der Waals surface area (Å²) in [5.41, 5.74) is 5.77. The monoisotopic (exact) mass is 314 g/mol. The predicted octanol–water partition coefficient (Wildman–Crippen LogP) is 1.19. The zero-order valence-corrected chi connectivity index (χ0v) is 14.1. The maximum absolute atomic E-state index is 12.3.